The van der Waals surface area contributed by atoms with Gasteiger partial charge in [0, 0.05) is 0 Å². The molecule has 2 aromatic rings. The second-order valence-electron chi connectivity index (χ2n) is 14.8. The summed E-state index contributed by atoms with van der Waals surface area (Å²) in [6.07, 6.45) is -0.0589. The van der Waals surface area contributed by atoms with Crippen molar-refractivity contribution in [1.29, 1.82) is 0 Å². The zero-order valence-corrected chi connectivity index (χ0v) is 25.9. The minimum absolute atomic E-state index is 0.0589. The van der Waals surface area contributed by atoms with Gasteiger partial charge in [0.25, 0.3) is 0 Å². The van der Waals surface area contributed by atoms with Gasteiger partial charge in [-0.05, 0) is 73.6 Å². The Hall–Kier alpha value is -3.02. The number of carboxylic acid groups (broad SMARTS) is 1. The summed E-state index contributed by atoms with van der Waals surface area (Å²) in [4.78, 5) is 25.3. The van der Waals surface area contributed by atoms with Gasteiger partial charge in [0.15, 0.2) is 5.92 Å². The lowest BCUT2D eigenvalue weighted by molar-refractivity contribution is -0.159. The highest BCUT2D eigenvalue weighted by atomic mass is 16.5. The van der Waals surface area contributed by atoms with E-state index in [0.29, 0.717) is 22.3 Å². The van der Waals surface area contributed by atoms with Crippen LogP contribution in [0.2, 0.25) is 0 Å². The van der Waals surface area contributed by atoms with Gasteiger partial charge in [-0.25, -0.2) is 0 Å². The van der Waals surface area contributed by atoms with Gasteiger partial charge in [-0.3, -0.25) is 9.59 Å². The summed E-state index contributed by atoms with van der Waals surface area (Å²) in [7, 11) is 0. The minimum Gasteiger partial charge on any atom is -0.507 e. The first-order chi connectivity index (χ1) is 17.4. The van der Waals surface area contributed by atoms with E-state index in [9.17, 15) is 24.9 Å². The molecule has 216 valence electrons. The van der Waals surface area contributed by atoms with Crippen LogP contribution in [-0.2, 0) is 49.0 Å². The molecule has 0 heterocycles. The number of benzene rings is 2. The molecule has 0 amide bonds. The number of phenolic OH excluding ortho intramolecular Hbond substituents is 2. The third kappa shape index (κ3) is 7.77. The predicted molar refractivity (Wildman–Crippen MR) is 156 cm³/mol. The first kappa shape index (κ1) is 32.2. The summed E-state index contributed by atoms with van der Waals surface area (Å²) in [6, 6.07) is 7.22. The molecule has 0 aromatic heterocycles. The summed E-state index contributed by atoms with van der Waals surface area (Å²) in [6.45, 7) is 23.8. The number of ether oxygens (including phenoxy) is 1. The molecular formula is C33H48O6. The van der Waals surface area contributed by atoms with Gasteiger partial charge >= 0.3 is 11.9 Å². The summed E-state index contributed by atoms with van der Waals surface area (Å²) in [5.74, 6) is -3.07. The maximum absolute atomic E-state index is 13.1. The van der Waals surface area contributed by atoms with Crippen LogP contribution in [0.4, 0.5) is 0 Å². The Morgan fingerprint density at radius 2 is 0.949 bits per heavy atom. The Morgan fingerprint density at radius 3 is 1.23 bits per heavy atom. The van der Waals surface area contributed by atoms with Crippen LogP contribution < -0.4 is 0 Å². The number of rotatable bonds is 6. The van der Waals surface area contributed by atoms with Crippen LogP contribution in [0.25, 0.3) is 0 Å². The maximum Gasteiger partial charge on any atom is 0.320 e. The van der Waals surface area contributed by atoms with Crippen LogP contribution >= 0.6 is 0 Å². The molecule has 0 aliphatic heterocycles. The van der Waals surface area contributed by atoms with Crippen LogP contribution in [0.5, 0.6) is 11.5 Å². The van der Waals surface area contributed by atoms with E-state index in [0.717, 1.165) is 11.1 Å². The van der Waals surface area contributed by atoms with Gasteiger partial charge in [0.1, 0.15) is 18.1 Å². The smallest absolute Gasteiger partial charge is 0.320 e. The number of carbonyl (C=O) groups is 2. The molecular weight excluding hydrogens is 492 g/mol. The van der Waals surface area contributed by atoms with Crippen LogP contribution in [0.15, 0.2) is 24.3 Å². The average molecular weight is 541 g/mol. The van der Waals surface area contributed by atoms with Crippen molar-refractivity contribution in [3.8, 4) is 11.5 Å². The van der Waals surface area contributed by atoms with Crippen LogP contribution in [0.1, 0.15) is 116 Å². The van der Waals surface area contributed by atoms with Crippen molar-refractivity contribution >= 4 is 11.9 Å². The number of carboxylic acids is 1. The molecule has 0 saturated heterocycles. The van der Waals surface area contributed by atoms with E-state index in [1.165, 1.54) is 0 Å². The van der Waals surface area contributed by atoms with Crippen molar-refractivity contribution in [2.75, 3.05) is 0 Å². The third-order valence-electron chi connectivity index (χ3n) is 6.97. The number of carbonyl (C=O) groups excluding carboxylic acids is 1. The molecule has 2 rings (SSSR count). The first-order valence-corrected chi connectivity index (χ1v) is 13.6. The summed E-state index contributed by atoms with van der Waals surface area (Å²) in [5.41, 5.74) is 2.78. The quantitative estimate of drug-likeness (QED) is 0.263. The molecule has 1 atom stereocenters. The largest absolute Gasteiger partial charge is 0.507 e. The molecule has 0 aliphatic carbocycles. The normalized spacial score (nSPS) is 13.7. The maximum atomic E-state index is 13.1. The number of hydrogen-bond donors (Lipinski definition) is 3. The summed E-state index contributed by atoms with van der Waals surface area (Å²) < 4.78 is 5.57. The Morgan fingerprint density at radius 1 is 0.641 bits per heavy atom. The SMILES string of the molecule is CC(C)(C)c1cc(COC(=O)C(Cc2cc(C(C)(C)C)c(O)c(C(C)(C)C)c2)C(=O)O)cc(C(C)(C)C)c1O. The predicted octanol–water partition coefficient (Wildman–Crippen LogP) is 7.27. The van der Waals surface area contributed by atoms with Crippen molar-refractivity contribution < 1.29 is 29.6 Å². The fourth-order valence-electron chi connectivity index (χ4n) is 4.64. The minimum atomic E-state index is -1.41. The standard InChI is InChI=1S/C33H48O6/c1-30(2,3)22-14-19(15-23(26(22)34)31(4,5)6)13-21(28(36)37)29(38)39-18-20-16-24(32(7,8)9)27(35)25(17-20)33(10,11)12/h14-17,21,34-35H,13,18H2,1-12H3,(H,36,37). The van der Waals surface area contributed by atoms with Crippen LogP contribution in [0, 0.1) is 5.92 Å². The molecule has 0 spiro atoms. The Balaban J connectivity index is 2.43. The Kier molecular flexibility index (Phi) is 8.97. The Bertz CT molecular complexity index is 1160. The monoisotopic (exact) mass is 540 g/mol. The molecule has 0 aliphatic rings. The van der Waals surface area contributed by atoms with Crippen molar-refractivity contribution in [3.63, 3.8) is 0 Å². The van der Waals surface area contributed by atoms with Crippen LogP contribution in [0.3, 0.4) is 0 Å². The molecule has 39 heavy (non-hydrogen) atoms. The topological polar surface area (TPSA) is 104 Å². The van der Waals surface area contributed by atoms with E-state index in [1.54, 1.807) is 12.1 Å². The molecule has 0 saturated carbocycles. The van der Waals surface area contributed by atoms with Crippen molar-refractivity contribution in [1.82, 2.24) is 0 Å². The summed E-state index contributed by atoms with van der Waals surface area (Å²) >= 11 is 0. The number of phenols is 2. The number of aromatic hydroxyl groups is 2. The van der Waals surface area contributed by atoms with Gasteiger partial charge in [-0.15, -0.1) is 0 Å². The highest BCUT2D eigenvalue weighted by molar-refractivity contribution is 5.94. The zero-order valence-electron chi connectivity index (χ0n) is 25.9. The van der Waals surface area contributed by atoms with E-state index in [-0.39, 0.29) is 46.2 Å². The molecule has 2 aromatic carbocycles. The first-order valence-electron chi connectivity index (χ1n) is 13.6. The molecule has 6 nitrogen and oxygen atoms in total. The lowest BCUT2D eigenvalue weighted by Gasteiger charge is -2.28. The molecule has 0 radical (unpaired) electrons. The molecule has 6 heteroatoms. The van der Waals surface area contributed by atoms with Gasteiger partial charge in [-0.1, -0.05) is 95.2 Å². The number of esters is 1. The van der Waals surface area contributed by atoms with Gasteiger partial charge in [0.05, 0.1) is 0 Å². The van der Waals surface area contributed by atoms with Crippen molar-refractivity contribution in [2.24, 2.45) is 5.92 Å². The van der Waals surface area contributed by atoms with Crippen molar-refractivity contribution in [2.45, 2.75) is 118 Å². The third-order valence-corrected chi connectivity index (χ3v) is 6.97. The number of hydrogen-bond acceptors (Lipinski definition) is 5. The lowest BCUT2D eigenvalue weighted by Crippen LogP contribution is -2.28. The molecule has 1 unspecified atom stereocenters. The van der Waals surface area contributed by atoms with E-state index in [2.05, 4.69) is 0 Å². The molecule has 0 bridgehead atoms. The van der Waals surface area contributed by atoms with Crippen LogP contribution in [-0.4, -0.2) is 27.3 Å². The highest BCUT2D eigenvalue weighted by Gasteiger charge is 2.32. The fraction of sp³-hybridized carbons (Fsp3) is 0.576. The number of aliphatic carboxylic acids is 1. The van der Waals surface area contributed by atoms with Gasteiger partial charge < -0.3 is 20.1 Å². The average Bonchev–Trinajstić information content (AvgIpc) is 2.73. The van der Waals surface area contributed by atoms with E-state index in [1.807, 2.05) is 95.2 Å². The van der Waals surface area contributed by atoms with Crippen molar-refractivity contribution in [3.05, 3.63) is 57.6 Å². The second-order valence-corrected chi connectivity index (χ2v) is 14.8. The highest BCUT2D eigenvalue weighted by Crippen LogP contribution is 2.41. The van der Waals surface area contributed by atoms with Gasteiger partial charge in [0.2, 0.25) is 0 Å². The lowest BCUT2D eigenvalue weighted by atomic mass is 9.77. The van der Waals surface area contributed by atoms with E-state index in [4.69, 9.17) is 4.74 Å². The summed E-state index contributed by atoms with van der Waals surface area (Å²) in [5, 5.41) is 31.9. The van der Waals surface area contributed by atoms with Gasteiger partial charge in [-0.2, -0.15) is 0 Å². The molecule has 0 fully saturated rings. The molecule has 3 N–H and O–H groups in total. The van der Waals surface area contributed by atoms with E-state index < -0.39 is 17.9 Å². The zero-order chi connectivity index (χ0) is 30.3. The Labute approximate surface area is 234 Å². The fourth-order valence-corrected chi connectivity index (χ4v) is 4.64. The second kappa shape index (κ2) is 10.9. The van der Waals surface area contributed by atoms with E-state index >= 15 is 0 Å².